The summed E-state index contributed by atoms with van der Waals surface area (Å²) in [5, 5.41) is 0. The third kappa shape index (κ3) is 2.43. The molecule has 1 heterocycles. The number of benzene rings is 1. The Bertz CT molecular complexity index is 440. The summed E-state index contributed by atoms with van der Waals surface area (Å²) >= 11 is 0. The lowest BCUT2D eigenvalue weighted by Gasteiger charge is -2.26. The summed E-state index contributed by atoms with van der Waals surface area (Å²) in [7, 11) is 0. The lowest BCUT2D eigenvalue weighted by molar-refractivity contribution is 0.166. The summed E-state index contributed by atoms with van der Waals surface area (Å²) in [4.78, 5) is 0. The van der Waals surface area contributed by atoms with Gasteiger partial charge in [-0.25, -0.2) is 4.39 Å². The lowest BCUT2D eigenvalue weighted by Crippen LogP contribution is -2.20. The van der Waals surface area contributed by atoms with E-state index in [1.807, 2.05) is 13.0 Å². The summed E-state index contributed by atoms with van der Waals surface area (Å²) in [5.41, 5.74) is 5.83. The van der Waals surface area contributed by atoms with Gasteiger partial charge >= 0.3 is 0 Å². The highest BCUT2D eigenvalue weighted by Crippen LogP contribution is 2.41. The molecule has 1 aliphatic rings. The second kappa shape index (κ2) is 4.76. The molecule has 3 nitrogen and oxygen atoms in total. The van der Waals surface area contributed by atoms with E-state index in [4.69, 9.17) is 15.2 Å². The van der Waals surface area contributed by atoms with Crippen molar-refractivity contribution in [2.75, 3.05) is 19.8 Å². The van der Waals surface area contributed by atoms with Crippen LogP contribution in [0.4, 0.5) is 4.39 Å². The molecule has 0 fully saturated rings. The van der Waals surface area contributed by atoms with Gasteiger partial charge in [-0.3, -0.25) is 0 Å². The van der Waals surface area contributed by atoms with Crippen LogP contribution >= 0.6 is 0 Å². The van der Waals surface area contributed by atoms with Crippen LogP contribution in [-0.2, 0) is 5.67 Å². The van der Waals surface area contributed by atoms with Crippen LogP contribution in [-0.4, -0.2) is 19.8 Å². The number of alkyl halides is 1. The Morgan fingerprint density at radius 3 is 2.61 bits per heavy atom. The first-order valence-electron chi connectivity index (χ1n) is 6.26. The summed E-state index contributed by atoms with van der Waals surface area (Å²) in [6.45, 7) is 6.59. The minimum Gasteiger partial charge on any atom is -0.486 e. The molecule has 1 aliphatic heterocycles. The molecule has 1 aromatic rings. The van der Waals surface area contributed by atoms with Gasteiger partial charge in [-0.1, -0.05) is 6.92 Å². The largest absolute Gasteiger partial charge is 0.486 e. The maximum atomic E-state index is 14.1. The summed E-state index contributed by atoms with van der Waals surface area (Å²) in [6.07, 6.45) is 0. The van der Waals surface area contributed by atoms with Crippen molar-refractivity contribution in [3.63, 3.8) is 0 Å². The molecule has 0 amide bonds. The Labute approximate surface area is 107 Å². The molecule has 0 spiro atoms. The molecule has 1 unspecified atom stereocenters. The van der Waals surface area contributed by atoms with E-state index in [-0.39, 0.29) is 5.92 Å². The zero-order chi connectivity index (χ0) is 13.3. The van der Waals surface area contributed by atoms with Crippen molar-refractivity contribution >= 4 is 0 Å². The zero-order valence-corrected chi connectivity index (χ0v) is 11.1. The highest BCUT2D eigenvalue weighted by Gasteiger charge is 2.26. The van der Waals surface area contributed by atoms with Crippen molar-refractivity contribution in [1.29, 1.82) is 0 Å². The summed E-state index contributed by atoms with van der Waals surface area (Å²) in [6, 6.07) is 3.56. The first-order valence-corrected chi connectivity index (χ1v) is 6.26. The molecule has 100 valence electrons. The predicted octanol–water partition coefficient (Wildman–Crippen LogP) is 2.72. The molecule has 0 saturated heterocycles. The molecular weight excluding hydrogens is 233 g/mol. The van der Waals surface area contributed by atoms with Gasteiger partial charge in [0, 0.05) is 5.56 Å². The Hall–Kier alpha value is -1.29. The average Bonchev–Trinajstić information content (AvgIpc) is 2.35. The van der Waals surface area contributed by atoms with E-state index in [0.717, 1.165) is 5.56 Å². The highest BCUT2D eigenvalue weighted by molar-refractivity contribution is 5.52. The second-order valence-electron chi connectivity index (χ2n) is 5.20. The number of rotatable bonds is 3. The molecule has 0 aliphatic carbocycles. The number of ether oxygens (including phenoxy) is 2. The molecule has 2 rings (SSSR count). The monoisotopic (exact) mass is 253 g/mol. The number of fused-ring (bicyclic) bond motifs is 1. The van der Waals surface area contributed by atoms with E-state index in [0.29, 0.717) is 36.8 Å². The molecule has 1 atom stereocenters. The third-order valence-corrected chi connectivity index (χ3v) is 3.24. The quantitative estimate of drug-likeness (QED) is 0.900. The van der Waals surface area contributed by atoms with Gasteiger partial charge in [-0.2, -0.15) is 0 Å². The molecule has 0 aromatic heterocycles. The first kappa shape index (κ1) is 13.1. The minimum absolute atomic E-state index is 0.114. The molecule has 2 N–H and O–H groups in total. The van der Waals surface area contributed by atoms with Crippen LogP contribution in [0.5, 0.6) is 11.5 Å². The predicted molar refractivity (Wildman–Crippen MR) is 69.0 cm³/mol. The van der Waals surface area contributed by atoms with Gasteiger partial charge < -0.3 is 15.2 Å². The van der Waals surface area contributed by atoms with Gasteiger partial charge in [0.2, 0.25) is 0 Å². The first-order chi connectivity index (χ1) is 8.43. The number of hydrogen-bond acceptors (Lipinski definition) is 3. The van der Waals surface area contributed by atoms with Crippen LogP contribution in [0.2, 0.25) is 0 Å². The van der Waals surface area contributed by atoms with E-state index >= 15 is 0 Å². The van der Waals surface area contributed by atoms with Gasteiger partial charge in [0.25, 0.3) is 0 Å². The fraction of sp³-hybridized carbons (Fsp3) is 0.571. The fourth-order valence-corrected chi connectivity index (χ4v) is 2.02. The van der Waals surface area contributed by atoms with E-state index in [1.54, 1.807) is 6.07 Å². The van der Waals surface area contributed by atoms with Gasteiger partial charge in [0.15, 0.2) is 11.5 Å². The number of hydrogen-bond donors (Lipinski definition) is 1. The second-order valence-corrected chi connectivity index (χ2v) is 5.20. The number of nitrogens with two attached hydrogens (primary N) is 1. The van der Waals surface area contributed by atoms with Crippen LogP contribution in [0.3, 0.4) is 0 Å². The van der Waals surface area contributed by atoms with Crippen LogP contribution < -0.4 is 15.2 Å². The Balaban J connectivity index is 2.55. The Kier molecular flexibility index (Phi) is 3.48. The smallest absolute Gasteiger partial charge is 0.164 e. The summed E-state index contributed by atoms with van der Waals surface area (Å²) < 4.78 is 25.3. The van der Waals surface area contributed by atoms with Gasteiger partial charge in [-0.15, -0.1) is 0 Å². The molecule has 0 saturated carbocycles. The maximum absolute atomic E-state index is 14.1. The van der Waals surface area contributed by atoms with E-state index in [1.165, 1.54) is 13.8 Å². The van der Waals surface area contributed by atoms with Crippen molar-refractivity contribution in [1.82, 2.24) is 0 Å². The summed E-state index contributed by atoms with van der Waals surface area (Å²) in [5.74, 6) is 1.45. The zero-order valence-electron chi connectivity index (χ0n) is 11.1. The minimum atomic E-state index is -1.40. The van der Waals surface area contributed by atoms with Crippen LogP contribution in [0.15, 0.2) is 12.1 Å². The SMILES string of the molecule is CC(CN)c1cc(C(C)(C)F)cc2c1OCCO2. The van der Waals surface area contributed by atoms with Gasteiger partial charge in [0.1, 0.15) is 18.9 Å². The maximum Gasteiger partial charge on any atom is 0.164 e. The van der Waals surface area contributed by atoms with Gasteiger partial charge in [-0.05, 0) is 44.0 Å². The van der Waals surface area contributed by atoms with Crippen LogP contribution in [0.1, 0.15) is 37.8 Å². The van der Waals surface area contributed by atoms with Crippen molar-refractivity contribution < 1.29 is 13.9 Å². The lowest BCUT2D eigenvalue weighted by atomic mass is 9.92. The van der Waals surface area contributed by atoms with E-state index in [2.05, 4.69) is 0 Å². The topological polar surface area (TPSA) is 44.5 Å². The molecule has 0 radical (unpaired) electrons. The molecule has 0 bridgehead atoms. The average molecular weight is 253 g/mol. The van der Waals surface area contributed by atoms with Crippen LogP contribution in [0.25, 0.3) is 0 Å². The molecular formula is C14H20FNO2. The molecule has 18 heavy (non-hydrogen) atoms. The van der Waals surface area contributed by atoms with Gasteiger partial charge in [0.05, 0.1) is 0 Å². The Morgan fingerprint density at radius 2 is 2.00 bits per heavy atom. The van der Waals surface area contributed by atoms with Crippen LogP contribution in [0, 0.1) is 0 Å². The standard InChI is InChI=1S/C14H20FNO2/c1-9(8-16)11-6-10(14(2,3)15)7-12-13(11)18-5-4-17-12/h6-7,9H,4-5,8,16H2,1-3H3. The Morgan fingerprint density at radius 1 is 1.33 bits per heavy atom. The third-order valence-electron chi connectivity index (χ3n) is 3.24. The number of halogens is 1. The molecule has 4 heteroatoms. The van der Waals surface area contributed by atoms with Crippen molar-refractivity contribution in [3.05, 3.63) is 23.3 Å². The fourth-order valence-electron chi connectivity index (χ4n) is 2.02. The normalized spacial score (nSPS) is 16.5. The van der Waals surface area contributed by atoms with E-state index < -0.39 is 5.67 Å². The van der Waals surface area contributed by atoms with Crippen molar-refractivity contribution in [2.45, 2.75) is 32.4 Å². The van der Waals surface area contributed by atoms with Crippen molar-refractivity contribution in [2.24, 2.45) is 5.73 Å². The molecule has 1 aromatic carbocycles. The van der Waals surface area contributed by atoms with E-state index in [9.17, 15) is 4.39 Å². The highest BCUT2D eigenvalue weighted by atomic mass is 19.1. The van der Waals surface area contributed by atoms with Crippen molar-refractivity contribution in [3.8, 4) is 11.5 Å².